The molecule has 1 atom stereocenters. The number of aliphatic hydroxyl groups excluding tert-OH is 1. The van der Waals surface area contributed by atoms with Gasteiger partial charge in [-0.15, -0.1) is 22.7 Å². The fourth-order valence-electron chi connectivity index (χ4n) is 2.63. The number of aryl methyl sites for hydroxylation is 1. The van der Waals surface area contributed by atoms with Crippen LogP contribution in [0.15, 0.2) is 17.5 Å². The molecule has 1 aliphatic rings. The Bertz CT molecular complexity index is 659. The van der Waals surface area contributed by atoms with Gasteiger partial charge in [-0.25, -0.2) is 4.98 Å². The molecule has 22 heavy (non-hydrogen) atoms. The van der Waals surface area contributed by atoms with Crippen molar-refractivity contribution in [2.45, 2.75) is 25.3 Å². The Labute approximate surface area is 137 Å². The van der Waals surface area contributed by atoms with E-state index in [1.54, 1.807) is 11.3 Å². The number of nitrogens with zero attached hydrogens (tertiary/aromatic N) is 1. The van der Waals surface area contributed by atoms with Crippen LogP contribution in [0, 0.1) is 6.92 Å². The number of carbonyl (C=O) groups is 1. The van der Waals surface area contributed by atoms with Crippen LogP contribution in [0.25, 0.3) is 10.6 Å². The lowest BCUT2D eigenvalue weighted by Crippen LogP contribution is -2.59. The average molecular weight is 337 g/mol. The van der Waals surface area contributed by atoms with Crippen LogP contribution in [0.5, 0.6) is 0 Å². The van der Waals surface area contributed by atoms with Gasteiger partial charge in [0.25, 0.3) is 5.91 Å². The van der Waals surface area contributed by atoms with Crippen LogP contribution in [0.1, 0.15) is 27.5 Å². The van der Waals surface area contributed by atoms with Gasteiger partial charge >= 0.3 is 0 Å². The van der Waals surface area contributed by atoms with Gasteiger partial charge in [-0.05, 0) is 38.4 Å². The number of thiophene rings is 1. The summed E-state index contributed by atoms with van der Waals surface area (Å²) in [5.74, 6) is -0.124. The molecule has 3 N–H and O–H groups in total. The minimum Gasteiger partial charge on any atom is -0.394 e. The molecule has 0 spiro atoms. The second-order valence-corrected chi connectivity index (χ2v) is 7.73. The Morgan fingerprint density at radius 2 is 2.41 bits per heavy atom. The molecule has 2 aromatic heterocycles. The Kier molecular flexibility index (Phi) is 4.58. The summed E-state index contributed by atoms with van der Waals surface area (Å²) in [6.45, 7) is 3.47. The lowest BCUT2D eigenvalue weighted by atomic mass is 9.91. The van der Waals surface area contributed by atoms with E-state index in [9.17, 15) is 9.90 Å². The fourth-order valence-corrected chi connectivity index (χ4v) is 4.18. The van der Waals surface area contributed by atoms with Crippen LogP contribution in [0.4, 0.5) is 0 Å². The van der Waals surface area contributed by atoms with Gasteiger partial charge in [0.15, 0.2) is 0 Å². The third kappa shape index (κ3) is 3.22. The second kappa shape index (κ2) is 6.45. The highest BCUT2D eigenvalue weighted by Crippen LogP contribution is 2.29. The summed E-state index contributed by atoms with van der Waals surface area (Å²) in [6, 6.07) is 3.75. The van der Waals surface area contributed by atoms with E-state index in [4.69, 9.17) is 0 Å². The average Bonchev–Trinajstić information content (AvgIpc) is 3.17. The SMILES string of the molecule is Cc1nc(-c2ccc(C(=O)NC3(CO)CCCNC3)s2)cs1. The number of hydrogen-bond acceptors (Lipinski definition) is 6. The van der Waals surface area contributed by atoms with Crippen molar-refractivity contribution < 1.29 is 9.90 Å². The van der Waals surface area contributed by atoms with Crippen molar-refractivity contribution in [2.75, 3.05) is 19.7 Å². The van der Waals surface area contributed by atoms with Crippen molar-refractivity contribution >= 4 is 28.6 Å². The Hall–Kier alpha value is -1.28. The van der Waals surface area contributed by atoms with E-state index in [-0.39, 0.29) is 12.5 Å². The van der Waals surface area contributed by atoms with Crippen LogP contribution in [-0.2, 0) is 0 Å². The molecule has 5 nitrogen and oxygen atoms in total. The van der Waals surface area contributed by atoms with Crippen LogP contribution >= 0.6 is 22.7 Å². The summed E-state index contributed by atoms with van der Waals surface area (Å²) in [5.41, 5.74) is 0.374. The van der Waals surface area contributed by atoms with Gasteiger partial charge in [0.1, 0.15) is 0 Å². The monoisotopic (exact) mass is 337 g/mol. The third-order valence-electron chi connectivity index (χ3n) is 3.85. The van der Waals surface area contributed by atoms with Gasteiger partial charge < -0.3 is 15.7 Å². The largest absolute Gasteiger partial charge is 0.394 e. The highest BCUT2D eigenvalue weighted by Gasteiger charge is 2.33. The summed E-state index contributed by atoms with van der Waals surface area (Å²) in [5, 5.41) is 18.9. The first kappa shape index (κ1) is 15.6. The minimum absolute atomic E-state index is 0.0464. The standard InChI is InChI=1S/C15H19N3O2S2/c1-10-17-11(7-21-10)12-3-4-13(22-12)14(20)18-15(9-19)5-2-6-16-8-15/h3-4,7,16,19H,2,5-6,8-9H2,1H3,(H,18,20). The summed E-state index contributed by atoms with van der Waals surface area (Å²) < 4.78 is 0. The van der Waals surface area contributed by atoms with E-state index in [2.05, 4.69) is 15.6 Å². The zero-order chi connectivity index (χ0) is 15.6. The molecule has 1 unspecified atom stereocenters. The Morgan fingerprint density at radius 3 is 3.05 bits per heavy atom. The molecule has 0 aromatic carbocycles. The molecule has 3 heterocycles. The van der Waals surface area contributed by atoms with Crippen molar-refractivity contribution in [1.29, 1.82) is 0 Å². The predicted octanol–water partition coefficient (Wildman–Crippen LogP) is 2.02. The van der Waals surface area contributed by atoms with Gasteiger partial charge in [-0.1, -0.05) is 0 Å². The molecule has 0 radical (unpaired) electrons. The number of aliphatic hydroxyl groups is 1. The lowest BCUT2D eigenvalue weighted by Gasteiger charge is -2.36. The predicted molar refractivity (Wildman–Crippen MR) is 89.6 cm³/mol. The van der Waals surface area contributed by atoms with E-state index in [1.165, 1.54) is 11.3 Å². The smallest absolute Gasteiger partial charge is 0.261 e. The Morgan fingerprint density at radius 1 is 1.55 bits per heavy atom. The van der Waals surface area contributed by atoms with Crippen molar-refractivity contribution in [2.24, 2.45) is 0 Å². The first-order valence-electron chi connectivity index (χ1n) is 7.28. The summed E-state index contributed by atoms with van der Waals surface area (Å²) in [4.78, 5) is 18.6. The molecular weight excluding hydrogens is 318 g/mol. The molecule has 7 heteroatoms. The van der Waals surface area contributed by atoms with Crippen LogP contribution in [0.3, 0.4) is 0 Å². The molecule has 2 aromatic rings. The lowest BCUT2D eigenvalue weighted by molar-refractivity contribution is 0.0790. The maximum Gasteiger partial charge on any atom is 0.261 e. The molecule has 0 bridgehead atoms. The summed E-state index contributed by atoms with van der Waals surface area (Å²) >= 11 is 3.04. The number of nitrogens with one attached hydrogen (secondary N) is 2. The molecular formula is C15H19N3O2S2. The number of thiazole rings is 1. The van der Waals surface area contributed by atoms with E-state index in [1.807, 2.05) is 24.4 Å². The van der Waals surface area contributed by atoms with E-state index in [0.717, 1.165) is 35.0 Å². The highest BCUT2D eigenvalue weighted by molar-refractivity contribution is 7.17. The quantitative estimate of drug-likeness (QED) is 0.798. The first-order valence-corrected chi connectivity index (χ1v) is 8.98. The third-order valence-corrected chi connectivity index (χ3v) is 5.73. The molecule has 0 saturated carbocycles. The van der Waals surface area contributed by atoms with Gasteiger partial charge in [-0.3, -0.25) is 4.79 Å². The number of aromatic nitrogens is 1. The van der Waals surface area contributed by atoms with Crippen LogP contribution in [-0.4, -0.2) is 41.2 Å². The summed E-state index contributed by atoms with van der Waals surface area (Å²) in [6.07, 6.45) is 1.75. The highest BCUT2D eigenvalue weighted by atomic mass is 32.1. The fraction of sp³-hybridized carbons (Fsp3) is 0.467. The maximum atomic E-state index is 12.5. The molecule has 1 aliphatic heterocycles. The van der Waals surface area contributed by atoms with Crippen molar-refractivity contribution in [3.63, 3.8) is 0 Å². The van der Waals surface area contributed by atoms with Crippen LogP contribution < -0.4 is 10.6 Å². The molecule has 0 aliphatic carbocycles. The maximum absolute atomic E-state index is 12.5. The molecule has 1 saturated heterocycles. The van der Waals surface area contributed by atoms with E-state index in [0.29, 0.717) is 11.4 Å². The van der Waals surface area contributed by atoms with Crippen LogP contribution in [0.2, 0.25) is 0 Å². The normalized spacial score (nSPS) is 21.7. The summed E-state index contributed by atoms with van der Waals surface area (Å²) in [7, 11) is 0. The van der Waals surface area contributed by atoms with E-state index < -0.39 is 5.54 Å². The van der Waals surface area contributed by atoms with Crippen molar-refractivity contribution in [1.82, 2.24) is 15.6 Å². The minimum atomic E-state index is -0.545. The van der Waals surface area contributed by atoms with Gasteiger partial charge in [-0.2, -0.15) is 0 Å². The van der Waals surface area contributed by atoms with Gasteiger partial charge in [0, 0.05) is 11.9 Å². The second-order valence-electron chi connectivity index (χ2n) is 5.59. The number of amides is 1. The van der Waals surface area contributed by atoms with Gasteiger partial charge in [0.2, 0.25) is 0 Å². The number of hydrogen-bond donors (Lipinski definition) is 3. The van der Waals surface area contributed by atoms with Gasteiger partial charge in [0.05, 0.1) is 32.6 Å². The number of piperidine rings is 1. The molecule has 3 rings (SSSR count). The topological polar surface area (TPSA) is 74.2 Å². The molecule has 118 valence electrons. The zero-order valence-corrected chi connectivity index (χ0v) is 14.0. The number of carbonyl (C=O) groups excluding carboxylic acids is 1. The Balaban J connectivity index is 1.74. The number of rotatable bonds is 4. The van der Waals surface area contributed by atoms with Crippen molar-refractivity contribution in [3.8, 4) is 10.6 Å². The van der Waals surface area contributed by atoms with Crippen molar-refractivity contribution in [3.05, 3.63) is 27.4 Å². The first-order chi connectivity index (χ1) is 10.6. The molecule has 1 amide bonds. The molecule has 1 fully saturated rings. The van der Waals surface area contributed by atoms with E-state index >= 15 is 0 Å². The zero-order valence-electron chi connectivity index (χ0n) is 12.4.